The maximum atomic E-state index is 14.7. The molecule has 2 heterocycles. The van der Waals surface area contributed by atoms with Crippen LogP contribution in [0.3, 0.4) is 0 Å². The van der Waals surface area contributed by atoms with Crippen molar-refractivity contribution in [2.45, 2.75) is 52.1 Å². The average Bonchev–Trinajstić information content (AvgIpc) is 3.27. The van der Waals surface area contributed by atoms with Gasteiger partial charge in [-0.3, -0.25) is 4.79 Å². The molecule has 2 fully saturated rings. The topological polar surface area (TPSA) is 56.1 Å². The van der Waals surface area contributed by atoms with Crippen molar-refractivity contribution < 1.29 is 13.9 Å². The largest absolute Gasteiger partial charge is 0.478 e. The normalized spacial score (nSPS) is 22.5. The SMILES string of the molecule is CCOc1cc(-c2ccc(Cn3ccc4c(F)ccc(C(=O)NC5CC6(CC(C)C6)C5)c43)cc2)ccn1. The highest BCUT2D eigenvalue weighted by Crippen LogP contribution is 2.58. The second-order valence-corrected chi connectivity index (χ2v) is 10.9. The van der Waals surface area contributed by atoms with Crippen LogP contribution in [-0.2, 0) is 6.54 Å². The second kappa shape index (κ2) is 9.33. The summed E-state index contributed by atoms with van der Waals surface area (Å²) in [6.45, 7) is 5.35. The molecule has 2 aromatic carbocycles. The summed E-state index contributed by atoms with van der Waals surface area (Å²) < 4.78 is 22.2. The first-order valence-corrected chi connectivity index (χ1v) is 13.2. The molecule has 5 nitrogen and oxygen atoms in total. The van der Waals surface area contributed by atoms with E-state index in [4.69, 9.17) is 4.74 Å². The fourth-order valence-corrected chi connectivity index (χ4v) is 6.52. The molecule has 0 saturated heterocycles. The molecule has 0 aliphatic heterocycles. The number of halogens is 1. The lowest BCUT2D eigenvalue weighted by atomic mass is 9.50. The van der Waals surface area contributed by atoms with E-state index in [2.05, 4.69) is 41.5 Å². The quantitative estimate of drug-likeness (QED) is 0.313. The fourth-order valence-electron chi connectivity index (χ4n) is 6.52. The molecule has 0 atom stereocenters. The molecule has 2 aromatic heterocycles. The van der Waals surface area contributed by atoms with Gasteiger partial charge in [-0.2, -0.15) is 0 Å². The van der Waals surface area contributed by atoms with Crippen LogP contribution in [0.25, 0.3) is 22.0 Å². The number of nitrogens with zero attached hydrogens (tertiary/aromatic N) is 2. The Morgan fingerprint density at radius 1 is 1.08 bits per heavy atom. The van der Waals surface area contributed by atoms with Crippen LogP contribution in [0.1, 0.15) is 55.5 Å². The van der Waals surface area contributed by atoms with E-state index in [1.165, 1.54) is 18.9 Å². The van der Waals surface area contributed by atoms with Crippen molar-refractivity contribution in [3.8, 4) is 17.0 Å². The van der Waals surface area contributed by atoms with Gasteiger partial charge in [0.15, 0.2) is 0 Å². The van der Waals surface area contributed by atoms with Crippen LogP contribution in [0.4, 0.5) is 4.39 Å². The van der Waals surface area contributed by atoms with Gasteiger partial charge in [-0.15, -0.1) is 0 Å². The summed E-state index contributed by atoms with van der Waals surface area (Å²) in [4.78, 5) is 17.5. The van der Waals surface area contributed by atoms with Gasteiger partial charge in [-0.25, -0.2) is 9.37 Å². The molecule has 2 aliphatic carbocycles. The summed E-state index contributed by atoms with van der Waals surface area (Å²) >= 11 is 0. The zero-order valence-electron chi connectivity index (χ0n) is 21.3. The predicted octanol–water partition coefficient (Wildman–Crippen LogP) is 6.60. The minimum atomic E-state index is -0.311. The summed E-state index contributed by atoms with van der Waals surface area (Å²) in [7, 11) is 0. The number of nitrogens with one attached hydrogen (secondary N) is 1. The molecule has 190 valence electrons. The first-order chi connectivity index (χ1) is 17.9. The van der Waals surface area contributed by atoms with E-state index in [9.17, 15) is 9.18 Å². The van der Waals surface area contributed by atoms with Gasteiger partial charge in [0.25, 0.3) is 5.91 Å². The third kappa shape index (κ3) is 4.50. The maximum absolute atomic E-state index is 14.7. The lowest BCUT2D eigenvalue weighted by Crippen LogP contribution is -2.55. The molecular formula is C31H32FN3O2. The molecule has 0 bridgehead atoms. The number of carbonyl (C=O) groups excluding carboxylic acids is 1. The van der Waals surface area contributed by atoms with Crippen LogP contribution < -0.4 is 10.1 Å². The van der Waals surface area contributed by atoms with Gasteiger partial charge in [0.05, 0.1) is 17.7 Å². The first-order valence-electron chi connectivity index (χ1n) is 13.2. The number of hydrogen-bond acceptors (Lipinski definition) is 3. The Hall–Kier alpha value is -3.67. The van der Waals surface area contributed by atoms with Gasteiger partial charge in [0.1, 0.15) is 5.82 Å². The summed E-state index contributed by atoms with van der Waals surface area (Å²) in [6, 6.07) is 17.1. The molecule has 4 aromatic rings. The standard InChI is InChI=1S/C31H32FN3O2/c1-3-37-28-14-23(10-12-33-28)22-6-4-21(5-7-22)19-35-13-11-25-27(32)9-8-26(29(25)35)30(36)34-24-17-31(18-24)15-20(2)16-31/h4-14,20,24H,3,15-19H2,1-2H3,(H,34,36). The molecule has 2 aliphatic rings. The zero-order valence-corrected chi connectivity index (χ0v) is 21.3. The molecule has 0 unspecified atom stereocenters. The summed E-state index contributed by atoms with van der Waals surface area (Å²) in [5.74, 6) is 0.989. The summed E-state index contributed by atoms with van der Waals surface area (Å²) in [5.41, 5.74) is 4.80. The number of ether oxygens (including phenoxy) is 1. The maximum Gasteiger partial charge on any atom is 0.253 e. The first kappa shape index (κ1) is 23.7. The van der Waals surface area contributed by atoms with Crippen LogP contribution in [0.5, 0.6) is 5.88 Å². The van der Waals surface area contributed by atoms with Gasteiger partial charge in [-0.1, -0.05) is 31.2 Å². The molecule has 1 N–H and O–H groups in total. The van der Waals surface area contributed by atoms with Gasteiger partial charge in [0, 0.05) is 36.4 Å². The molecule has 6 rings (SSSR count). The second-order valence-electron chi connectivity index (χ2n) is 10.9. The van der Waals surface area contributed by atoms with Crippen molar-refractivity contribution in [1.29, 1.82) is 0 Å². The van der Waals surface area contributed by atoms with Crippen molar-refractivity contribution in [2.75, 3.05) is 6.61 Å². The number of pyridine rings is 1. The smallest absolute Gasteiger partial charge is 0.253 e. The summed E-state index contributed by atoms with van der Waals surface area (Å²) in [5, 5.41) is 3.69. The Morgan fingerprint density at radius 2 is 1.86 bits per heavy atom. The van der Waals surface area contributed by atoms with E-state index < -0.39 is 0 Å². The molecule has 1 amide bonds. The van der Waals surface area contributed by atoms with Crippen molar-refractivity contribution in [2.24, 2.45) is 11.3 Å². The molecule has 6 heteroatoms. The Balaban J connectivity index is 1.21. The fraction of sp³-hybridized carbons (Fsp3) is 0.355. The van der Waals surface area contributed by atoms with Crippen molar-refractivity contribution in [3.05, 3.63) is 83.9 Å². The Kier molecular flexibility index (Phi) is 5.98. The van der Waals surface area contributed by atoms with Crippen LogP contribution in [0.2, 0.25) is 0 Å². The van der Waals surface area contributed by atoms with Crippen molar-refractivity contribution >= 4 is 16.8 Å². The summed E-state index contributed by atoms with van der Waals surface area (Å²) in [6.07, 6.45) is 8.28. The van der Waals surface area contributed by atoms with E-state index in [0.29, 0.717) is 40.9 Å². The van der Waals surface area contributed by atoms with Crippen molar-refractivity contribution in [1.82, 2.24) is 14.9 Å². The van der Waals surface area contributed by atoms with E-state index in [-0.39, 0.29) is 17.8 Å². The van der Waals surface area contributed by atoms with E-state index in [1.807, 2.05) is 29.8 Å². The number of rotatable bonds is 7. The molecule has 0 radical (unpaired) electrons. The number of carbonyl (C=O) groups is 1. The Bertz CT molecular complexity index is 1450. The Labute approximate surface area is 216 Å². The molecule has 1 spiro atoms. The Morgan fingerprint density at radius 3 is 2.59 bits per heavy atom. The predicted molar refractivity (Wildman–Crippen MR) is 143 cm³/mol. The van der Waals surface area contributed by atoms with E-state index in [0.717, 1.165) is 35.4 Å². The van der Waals surface area contributed by atoms with Crippen LogP contribution in [0, 0.1) is 17.2 Å². The number of amides is 1. The van der Waals surface area contributed by atoms with Gasteiger partial charge in [-0.05, 0) is 84.9 Å². The van der Waals surface area contributed by atoms with Crippen LogP contribution in [-0.4, -0.2) is 28.1 Å². The molecule has 37 heavy (non-hydrogen) atoms. The minimum absolute atomic E-state index is 0.115. The highest BCUT2D eigenvalue weighted by atomic mass is 19.1. The highest BCUT2D eigenvalue weighted by molar-refractivity contribution is 6.06. The average molecular weight is 498 g/mol. The number of hydrogen-bond donors (Lipinski definition) is 1. The third-order valence-corrected chi connectivity index (χ3v) is 8.04. The number of benzene rings is 2. The van der Waals surface area contributed by atoms with E-state index >= 15 is 0 Å². The third-order valence-electron chi connectivity index (χ3n) is 8.04. The molecule has 2 saturated carbocycles. The van der Waals surface area contributed by atoms with E-state index in [1.54, 1.807) is 18.3 Å². The highest BCUT2D eigenvalue weighted by Gasteiger charge is 2.51. The van der Waals surface area contributed by atoms with Crippen molar-refractivity contribution in [3.63, 3.8) is 0 Å². The number of fused-ring (bicyclic) bond motifs is 1. The van der Waals surface area contributed by atoms with Gasteiger partial charge in [0.2, 0.25) is 5.88 Å². The zero-order chi connectivity index (χ0) is 25.6. The minimum Gasteiger partial charge on any atom is -0.478 e. The van der Waals surface area contributed by atoms with Crippen LogP contribution >= 0.6 is 0 Å². The lowest BCUT2D eigenvalue weighted by molar-refractivity contribution is -0.0399. The van der Waals surface area contributed by atoms with Gasteiger partial charge >= 0.3 is 0 Å². The van der Waals surface area contributed by atoms with Crippen LogP contribution in [0.15, 0.2) is 67.0 Å². The monoisotopic (exact) mass is 497 g/mol. The lowest BCUT2D eigenvalue weighted by Gasteiger charge is -2.57. The number of aromatic nitrogens is 2. The van der Waals surface area contributed by atoms with Gasteiger partial charge < -0.3 is 14.6 Å². The molecular weight excluding hydrogens is 465 g/mol.